The molecule has 17 heavy (non-hydrogen) atoms. The van der Waals surface area contributed by atoms with Crippen LogP contribution < -0.4 is 5.32 Å². The molecule has 0 spiro atoms. The van der Waals surface area contributed by atoms with Crippen molar-refractivity contribution in [3.8, 4) is 0 Å². The van der Waals surface area contributed by atoms with E-state index in [9.17, 15) is 9.59 Å². The van der Waals surface area contributed by atoms with Gasteiger partial charge >= 0.3 is 5.97 Å². The predicted molar refractivity (Wildman–Crippen MR) is 57.0 cm³/mol. The molecule has 2 heterocycles. The highest BCUT2D eigenvalue weighted by molar-refractivity contribution is 5.93. The molecule has 1 aromatic rings. The summed E-state index contributed by atoms with van der Waals surface area (Å²) in [6, 6.07) is 2.60. The van der Waals surface area contributed by atoms with Gasteiger partial charge in [-0.15, -0.1) is 0 Å². The van der Waals surface area contributed by atoms with Crippen molar-refractivity contribution in [2.75, 3.05) is 13.2 Å². The van der Waals surface area contributed by atoms with Crippen LogP contribution in [0.2, 0.25) is 0 Å². The third kappa shape index (κ3) is 2.47. The lowest BCUT2D eigenvalue weighted by atomic mass is 10.0. The van der Waals surface area contributed by atoms with Gasteiger partial charge in [0.05, 0.1) is 12.1 Å². The SMILES string of the molecule is CC1(NC(=O)c2ccc(C(=O)O)o2)CCOC1. The van der Waals surface area contributed by atoms with Gasteiger partial charge in [-0.2, -0.15) is 0 Å². The summed E-state index contributed by atoms with van der Waals surface area (Å²) >= 11 is 0. The molecular formula is C11H13NO5. The van der Waals surface area contributed by atoms with Crippen LogP contribution in [0.15, 0.2) is 16.5 Å². The van der Waals surface area contributed by atoms with Crippen LogP contribution in [0.3, 0.4) is 0 Å². The minimum atomic E-state index is -1.19. The molecule has 0 bridgehead atoms. The van der Waals surface area contributed by atoms with Crippen molar-refractivity contribution in [1.29, 1.82) is 0 Å². The van der Waals surface area contributed by atoms with Gasteiger partial charge in [-0.25, -0.2) is 4.79 Å². The van der Waals surface area contributed by atoms with Gasteiger partial charge < -0.3 is 19.6 Å². The predicted octanol–water partition coefficient (Wildman–Crippen LogP) is 0.887. The van der Waals surface area contributed by atoms with Crippen molar-refractivity contribution in [2.45, 2.75) is 18.9 Å². The molecular weight excluding hydrogens is 226 g/mol. The Morgan fingerprint density at radius 2 is 2.12 bits per heavy atom. The number of carboxylic acids is 1. The largest absolute Gasteiger partial charge is 0.475 e. The Bertz CT molecular complexity index is 444. The van der Waals surface area contributed by atoms with E-state index in [1.54, 1.807) is 0 Å². The number of carboxylic acid groups (broad SMARTS) is 1. The molecule has 1 saturated heterocycles. The molecule has 6 nitrogen and oxygen atoms in total. The zero-order chi connectivity index (χ0) is 12.5. The van der Waals surface area contributed by atoms with Gasteiger partial charge in [0.25, 0.3) is 5.91 Å². The second-order valence-corrected chi connectivity index (χ2v) is 4.29. The number of aromatic carboxylic acids is 1. The minimum Gasteiger partial charge on any atom is -0.475 e. The summed E-state index contributed by atoms with van der Waals surface area (Å²) < 4.78 is 10.1. The first-order valence-electron chi connectivity index (χ1n) is 5.24. The van der Waals surface area contributed by atoms with Crippen LogP contribution in [0.4, 0.5) is 0 Å². The number of ether oxygens (including phenoxy) is 1. The number of carbonyl (C=O) groups is 2. The van der Waals surface area contributed by atoms with Crippen LogP contribution in [-0.4, -0.2) is 35.7 Å². The molecule has 1 aromatic heterocycles. The van der Waals surface area contributed by atoms with E-state index in [0.717, 1.165) is 6.42 Å². The van der Waals surface area contributed by atoms with Gasteiger partial charge in [0, 0.05) is 6.61 Å². The van der Waals surface area contributed by atoms with E-state index < -0.39 is 17.4 Å². The number of nitrogens with one attached hydrogen (secondary N) is 1. The first-order valence-corrected chi connectivity index (χ1v) is 5.24. The normalized spacial score (nSPS) is 23.6. The maximum atomic E-state index is 11.8. The molecule has 6 heteroatoms. The highest BCUT2D eigenvalue weighted by Crippen LogP contribution is 2.18. The quantitative estimate of drug-likeness (QED) is 0.817. The van der Waals surface area contributed by atoms with Crippen molar-refractivity contribution in [2.24, 2.45) is 0 Å². The maximum Gasteiger partial charge on any atom is 0.371 e. The highest BCUT2D eigenvalue weighted by atomic mass is 16.5. The van der Waals surface area contributed by atoms with Crippen LogP contribution in [0.1, 0.15) is 34.5 Å². The summed E-state index contributed by atoms with van der Waals surface area (Å²) in [5, 5.41) is 11.4. The molecule has 2 N–H and O–H groups in total. The molecule has 0 radical (unpaired) electrons. The zero-order valence-electron chi connectivity index (χ0n) is 9.36. The number of hydrogen-bond acceptors (Lipinski definition) is 4. The second-order valence-electron chi connectivity index (χ2n) is 4.29. The standard InChI is InChI=1S/C11H13NO5/c1-11(4-5-16-6-11)12-9(13)7-2-3-8(17-7)10(14)15/h2-3H,4-6H2,1H3,(H,12,13)(H,14,15). The number of rotatable bonds is 3. The summed E-state index contributed by atoms with van der Waals surface area (Å²) in [7, 11) is 0. The van der Waals surface area contributed by atoms with E-state index in [0.29, 0.717) is 13.2 Å². The molecule has 1 aliphatic heterocycles. The van der Waals surface area contributed by atoms with Crippen LogP contribution in [-0.2, 0) is 4.74 Å². The average Bonchev–Trinajstić information content (AvgIpc) is 2.86. The fourth-order valence-electron chi connectivity index (χ4n) is 1.68. The van der Waals surface area contributed by atoms with Crippen molar-refractivity contribution in [1.82, 2.24) is 5.32 Å². The van der Waals surface area contributed by atoms with E-state index in [2.05, 4.69) is 5.32 Å². The molecule has 0 aliphatic carbocycles. The number of hydrogen-bond donors (Lipinski definition) is 2. The second kappa shape index (κ2) is 4.21. The summed E-state index contributed by atoms with van der Waals surface area (Å²) in [4.78, 5) is 22.4. The molecule has 2 rings (SSSR count). The summed E-state index contributed by atoms with van der Waals surface area (Å²) in [6.07, 6.45) is 0.727. The van der Waals surface area contributed by atoms with Gasteiger partial charge in [0.15, 0.2) is 5.76 Å². The molecule has 1 unspecified atom stereocenters. The maximum absolute atomic E-state index is 11.8. The Kier molecular flexibility index (Phi) is 2.89. The van der Waals surface area contributed by atoms with Crippen molar-refractivity contribution in [3.05, 3.63) is 23.7 Å². The first kappa shape index (κ1) is 11.7. The molecule has 92 valence electrons. The lowest BCUT2D eigenvalue weighted by molar-refractivity contribution is 0.0658. The molecule has 1 amide bonds. The average molecular weight is 239 g/mol. The van der Waals surface area contributed by atoms with Crippen molar-refractivity contribution in [3.63, 3.8) is 0 Å². The highest BCUT2D eigenvalue weighted by Gasteiger charge is 2.32. The lowest BCUT2D eigenvalue weighted by Crippen LogP contribution is -2.46. The van der Waals surface area contributed by atoms with E-state index in [1.165, 1.54) is 12.1 Å². The van der Waals surface area contributed by atoms with Gasteiger partial charge in [0.2, 0.25) is 5.76 Å². The summed E-state index contributed by atoms with van der Waals surface area (Å²) in [5.41, 5.74) is -0.409. The third-order valence-electron chi connectivity index (χ3n) is 2.67. The Morgan fingerprint density at radius 1 is 1.41 bits per heavy atom. The molecule has 0 aromatic carbocycles. The number of amides is 1. The fourth-order valence-corrected chi connectivity index (χ4v) is 1.68. The van der Waals surface area contributed by atoms with E-state index in [4.69, 9.17) is 14.3 Å². The van der Waals surface area contributed by atoms with Crippen LogP contribution >= 0.6 is 0 Å². The zero-order valence-corrected chi connectivity index (χ0v) is 9.36. The van der Waals surface area contributed by atoms with Crippen molar-refractivity contribution >= 4 is 11.9 Å². The molecule has 1 aliphatic rings. The Hall–Kier alpha value is -1.82. The molecule has 1 atom stereocenters. The number of furan rings is 1. The lowest BCUT2D eigenvalue weighted by Gasteiger charge is -2.22. The molecule has 0 saturated carbocycles. The minimum absolute atomic E-state index is 0.00414. The fraction of sp³-hybridized carbons (Fsp3) is 0.455. The summed E-state index contributed by atoms with van der Waals surface area (Å²) in [6.45, 7) is 2.93. The van der Waals surface area contributed by atoms with Crippen LogP contribution in [0.5, 0.6) is 0 Å². The Labute approximate surface area is 97.6 Å². The summed E-state index contributed by atoms with van der Waals surface area (Å²) in [5.74, 6) is -1.87. The topological polar surface area (TPSA) is 88.8 Å². The van der Waals surface area contributed by atoms with E-state index in [-0.39, 0.29) is 11.5 Å². The van der Waals surface area contributed by atoms with E-state index >= 15 is 0 Å². The smallest absolute Gasteiger partial charge is 0.371 e. The van der Waals surface area contributed by atoms with Crippen molar-refractivity contribution < 1.29 is 23.8 Å². The Balaban J connectivity index is 2.06. The first-order chi connectivity index (χ1) is 8.00. The van der Waals surface area contributed by atoms with E-state index in [1.807, 2.05) is 6.92 Å². The van der Waals surface area contributed by atoms with Crippen LogP contribution in [0.25, 0.3) is 0 Å². The van der Waals surface area contributed by atoms with Gasteiger partial charge in [-0.05, 0) is 25.5 Å². The van der Waals surface area contributed by atoms with Crippen LogP contribution in [0, 0.1) is 0 Å². The monoisotopic (exact) mass is 239 g/mol. The molecule has 1 fully saturated rings. The third-order valence-corrected chi connectivity index (χ3v) is 2.67. The Morgan fingerprint density at radius 3 is 2.65 bits per heavy atom. The van der Waals surface area contributed by atoms with Gasteiger partial charge in [-0.3, -0.25) is 4.79 Å². The number of carbonyl (C=O) groups excluding carboxylic acids is 1. The van der Waals surface area contributed by atoms with Gasteiger partial charge in [-0.1, -0.05) is 0 Å². The van der Waals surface area contributed by atoms with Gasteiger partial charge in [0.1, 0.15) is 0 Å².